The van der Waals surface area contributed by atoms with Gasteiger partial charge in [-0.05, 0) is 18.2 Å². The Morgan fingerprint density at radius 1 is 1.52 bits per heavy atom. The molecule has 6 nitrogen and oxygen atoms in total. The number of halogens is 1. The van der Waals surface area contributed by atoms with Gasteiger partial charge >= 0.3 is 6.09 Å². The van der Waals surface area contributed by atoms with Gasteiger partial charge in [0.05, 0.1) is 30.5 Å². The summed E-state index contributed by atoms with van der Waals surface area (Å²) < 4.78 is 20.5. The molecule has 1 amide bonds. The summed E-state index contributed by atoms with van der Waals surface area (Å²) in [5, 5.41) is 7.50. The third kappa shape index (κ3) is 2.56. The quantitative estimate of drug-likeness (QED) is 0.801. The summed E-state index contributed by atoms with van der Waals surface area (Å²) in [6.45, 7) is 0.709. The Kier molecular flexibility index (Phi) is 3.28. The van der Waals surface area contributed by atoms with Gasteiger partial charge in [0, 0.05) is 6.20 Å². The number of rotatable bonds is 3. The summed E-state index contributed by atoms with van der Waals surface area (Å²) in [5.74, 6) is 1.70. The van der Waals surface area contributed by atoms with Crippen LogP contribution in [0.25, 0.3) is 0 Å². The maximum absolute atomic E-state index is 13.7. The molecule has 0 bridgehead atoms. The van der Waals surface area contributed by atoms with Crippen LogP contribution in [0.15, 0.2) is 30.6 Å². The zero-order valence-corrected chi connectivity index (χ0v) is 10.9. The molecule has 0 N–H and O–H groups in total. The van der Waals surface area contributed by atoms with Crippen LogP contribution in [-0.2, 0) is 11.3 Å². The molecule has 0 aliphatic carbocycles. The first-order chi connectivity index (χ1) is 10.2. The first kappa shape index (κ1) is 13.1. The molecule has 1 saturated heterocycles. The van der Waals surface area contributed by atoms with Crippen molar-refractivity contribution in [3.63, 3.8) is 0 Å². The van der Waals surface area contributed by atoms with E-state index in [1.165, 1.54) is 17.0 Å². The fourth-order valence-electron chi connectivity index (χ4n) is 2.16. The predicted molar refractivity (Wildman–Crippen MR) is 72.0 cm³/mol. The number of benzene rings is 1. The van der Waals surface area contributed by atoms with Gasteiger partial charge in [-0.2, -0.15) is 0 Å². The summed E-state index contributed by atoms with van der Waals surface area (Å²) >= 11 is 0. The van der Waals surface area contributed by atoms with Crippen LogP contribution in [0.3, 0.4) is 0 Å². The zero-order chi connectivity index (χ0) is 14.8. The van der Waals surface area contributed by atoms with Crippen molar-refractivity contribution in [3.8, 4) is 12.3 Å². The van der Waals surface area contributed by atoms with Gasteiger partial charge in [-0.3, -0.25) is 4.90 Å². The Hall–Kier alpha value is -2.88. The van der Waals surface area contributed by atoms with E-state index in [1.807, 2.05) is 0 Å². The van der Waals surface area contributed by atoms with Gasteiger partial charge in [-0.1, -0.05) is 11.1 Å². The van der Waals surface area contributed by atoms with E-state index in [1.54, 1.807) is 23.1 Å². The molecule has 1 aromatic carbocycles. The first-order valence-electron chi connectivity index (χ1n) is 6.26. The number of ether oxygens (including phenoxy) is 1. The Labute approximate surface area is 120 Å². The van der Waals surface area contributed by atoms with Crippen LogP contribution < -0.4 is 4.90 Å². The van der Waals surface area contributed by atoms with Crippen LogP contribution >= 0.6 is 0 Å². The summed E-state index contributed by atoms with van der Waals surface area (Å²) in [6, 6.07) is 4.29. The van der Waals surface area contributed by atoms with Crippen LogP contribution in [0.2, 0.25) is 0 Å². The van der Waals surface area contributed by atoms with Crippen molar-refractivity contribution in [1.82, 2.24) is 15.0 Å². The van der Waals surface area contributed by atoms with E-state index in [9.17, 15) is 9.18 Å². The highest BCUT2D eigenvalue weighted by Gasteiger charge is 2.33. The normalized spacial score (nSPS) is 17.6. The van der Waals surface area contributed by atoms with Crippen molar-refractivity contribution in [2.75, 3.05) is 11.4 Å². The Morgan fingerprint density at radius 3 is 3.05 bits per heavy atom. The number of carbonyl (C=O) groups is 1. The molecule has 106 valence electrons. The minimum Gasteiger partial charge on any atom is -0.442 e. The molecule has 2 aromatic rings. The van der Waals surface area contributed by atoms with E-state index in [-0.39, 0.29) is 11.7 Å². The smallest absolute Gasteiger partial charge is 0.414 e. The summed E-state index contributed by atoms with van der Waals surface area (Å²) in [5.41, 5.74) is 0.572. The molecule has 7 heteroatoms. The minimum atomic E-state index is -0.539. The average Bonchev–Trinajstić information content (AvgIpc) is 3.09. The number of aromatic nitrogens is 3. The zero-order valence-electron chi connectivity index (χ0n) is 10.9. The number of nitrogens with zero attached hydrogens (tertiary/aromatic N) is 4. The molecule has 0 spiro atoms. The lowest BCUT2D eigenvalue weighted by Crippen LogP contribution is -2.26. The van der Waals surface area contributed by atoms with Crippen LogP contribution in [0, 0.1) is 18.2 Å². The van der Waals surface area contributed by atoms with E-state index in [4.69, 9.17) is 11.2 Å². The van der Waals surface area contributed by atoms with Gasteiger partial charge in [0.1, 0.15) is 11.9 Å². The fourth-order valence-corrected chi connectivity index (χ4v) is 2.16. The maximum atomic E-state index is 13.7. The SMILES string of the molecule is C#Cc1ccc(N2C[C@H](Cn3ccnn3)OC2=O)cc1F. The number of anilines is 1. The lowest BCUT2D eigenvalue weighted by Gasteiger charge is -2.13. The lowest BCUT2D eigenvalue weighted by atomic mass is 10.2. The molecule has 2 heterocycles. The van der Waals surface area contributed by atoms with Crippen molar-refractivity contribution >= 4 is 11.8 Å². The highest BCUT2D eigenvalue weighted by molar-refractivity contribution is 5.89. The number of hydrogen-bond acceptors (Lipinski definition) is 4. The molecule has 3 rings (SSSR count). The summed E-state index contributed by atoms with van der Waals surface area (Å²) in [7, 11) is 0. The summed E-state index contributed by atoms with van der Waals surface area (Å²) in [4.78, 5) is 13.2. The molecule has 21 heavy (non-hydrogen) atoms. The van der Waals surface area contributed by atoms with Gasteiger partial charge in [-0.15, -0.1) is 11.5 Å². The second-order valence-electron chi connectivity index (χ2n) is 4.55. The Balaban J connectivity index is 1.76. The van der Waals surface area contributed by atoms with Crippen molar-refractivity contribution in [3.05, 3.63) is 42.0 Å². The van der Waals surface area contributed by atoms with Crippen LogP contribution in [0.4, 0.5) is 14.9 Å². The first-order valence-corrected chi connectivity index (χ1v) is 6.26. The second-order valence-corrected chi connectivity index (χ2v) is 4.55. The molecule has 1 aromatic heterocycles. The number of hydrogen-bond donors (Lipinski definition) is 0. The van der Waals surface area contributed by atoms with Crippen molar-refractivity contribution in [2.24, 2.45) is 0 Å². The van der Waals surface area contributed by atoms with E-state index in [0.717, 1.165) is 0 Å². The van der Waals surface area contributed by atoms with Crippen molar-refractivity contribution < 1.29 is 13.9 Å². The highest BCUT2D eigenvalue weighted by Crippen LogP contribution is 2.24. The number of terminal acetylenes is 1. The standard InChI is InChI=1S/C14H11FN4O2/c1-2-10-3-4-11(7-13(10)15)19-9-12(21-14(19)20)8-18-6-5-16-17-18/h1,3-7,12H,8-9H2/t12-/m0/s1. The van der Waals surface area contributed by atoms with E-state index in [2.05, 4.69) is 16.2 Å². The lowest BCUT2D eigenvalue weighted by molar-refractivity contribution is 0.129. The van der Waals surface area contributed by atoms with Crippen LogP contribution in [0.5, 0.6) is 0 Å². The number of carbonyl (C=O) groups excluding carboxylic acids is 1. The topological polar surface area (TPSA) is 60.3 Å². The second kappa shape index (κ2) is 5.25. The number of cyclic esters (lactones) is 1. The minimum absolute atomic E-state index is 0.158. The van der Waals surface area contributed by atoms with Gasteiger partial charge in [-0.25, -0.2) is 13.9 Å². The predicted octanol–water partition coefficient (Wildman–Crippen LogP) is 1.42. The van der Waals surface area contributed by atoms with Gasteiger partial charge in [0.15, 0.2) is 0 Å². The molecule has 1 aliphatic rings. The molecule has 1 atom stereocenters. The largest absolute Gasteiger partial charge is 0.442 e. The average molecular weight is 286 g/mol. The van der Waals surface area contributed by atoms with Gasteiger partial charge in [0.25, 0.3) is 0 Å². The van der Waals surface area contributed by atoms with E-state index < -0.39 is 11.9 Å². The Bertz CT molecular complexity index is 708. The molecule has 0 saturated carbocycles. The Morgan fingerprint density at radius 2 is 2.38 bits per heavy atom. The molecular weight excluding hydrogens is 275 g/mol. The number of amides is 1. The molecular formula is C14H11FN4O2. The van der Waals surface area contributed by atoms with Crippen molar-refractivity contribution in [2.45, 2.75) is 12.6 Å². The molecule has 0 radical (unpaired) electrons. The van der Waals surface area contributed by atoms with Crippen LogP contribution in [0.1, 0.15) is 5.56 Å². The molecule has 0 unspecified atom stereocenters. The fraction of sp³-hybridized carbons (Fsp3) is 0.214. The van der Waals surface area contributed by atoms with E-state index in [0.29, 0.717) is 18.8 Å². The van der Waals surface area contributed by atoms with Gasteiger partial charge in [0.2, 0.25) is 0 Å². The molecule has 1 aliphatic heterocycles. The maximum Gasteiger partial charge on any atom is 0.414 e. The van der Waals surface area contributed by atoms with Crippen molar-refractivity contribution in [1.29, 1.82) is 0 Å². The van der Waals surface area contributed by atoms with Gasteiger partial charge < -0.3 is 4.74 Å². The third-order valence-corrected chi connectivity index (χ3v) is 3.16. The van der Waals surface area contributed by atoms with Crippen LogP contribution in [-0.4, -0.2) is 33.7 Å². The third-order valence-electron chi connectivity index (χ3n) is 3.16. The molecule has 1 fully saturated rings. The monoisotopic (exact) mass is 286 g/mol. The summed E-state index contributed by atoms with van der Waals surface area (Å²) in [6.07, 6.45) is 7.50. The highest BCUT2D eigenvalue weighted by atomic mass is 19.1. The van der Waals surface area contributed by atoms with E-state index >= 15 is 0 Å².